The van der Waals surface area contributed by atoms with Gasteiger partial charge in [0.2, 0.25) is 11.8 Å². The average Bonchev–Trinajstić information content (AvgIpc) is 2.85. The maximum absolute atomic E-state index is 12.4. The van der Waals surface area contributed by atoms with Crippen LogP contribution >= 0.6 is 0 Å². The maximum Gasteiger partial charge on any atom is 0.313 e. The van der Waals surface area contributed by atoms with Crippen molar-refractivity contribution in [3.05, 3.63) is 24.3 Å². The van der Waals surface area contributed by atoms with E-state index in [1.165, 1.54) is 12.0 Å². The molecule has 0 unspecified atom stereocenters. The number of imide groups is 1. The van der Waals surface area contributed by atoms with E-state index in [4.69, 9.17) is 9.47 Å². The van der Waals surface area contributed by atoms with E-state index in [1.807, 2.05) is 0 Å². The Morgan fingerprint density at radius 2 is 1.67 bits per heavy atom. The first-order valence-corrected chi connectivity index (χ1v) is 8.30. The Morgan fingerprint density at radius 1 is 1.08 bits per heavy atom. The van der Waals surface area contributed by atoms with Crippen LogP contribution in [0.15, 0.2) is 24.3 Å². The van der Waals surface area contributed by atoms with E-state index < -0.39 is 5.97 Å². The summed E-state index contributed by atoms with van der Waals surface area (Å²) in [6, 6.07) is 6.85. The lowest BCUT2D eigenvalue weighted by Gasteiger charge is -2.19. The fourth-order valence-electron chi connectivity index (χ4n) is 3.53. The first-order valence-electron chi connectivity index (χ1n) is 8.30. The Labute approximate surface area is 140 Å². The zero-order chi connectivity index (χ0) is 17.1. The highest BCUT2D eigenvalue weighted by molar-refractivity contribution is 6.05. The highest BCUT2D eigenvalue weighted by Gasteiger charge is 2.47. The van der Waals surface area contributed by atoms with Crippen LogP contribution in [0.25, 0.3) is 0 Å². The van der Waals surface area contributed by atoms with Gasteiger partial charge in [0.15, 0.2) is 11.5 Å². The molecule has 128 valence electrons. The summed E-state index contributed by atoms with van der Waals surface area (Å²) in [7, 11) is 1.50. The summed E-state index contributed by atoms with van der Waals surface area (Å²) in [5, 5.41) is 0. The van der Waals surface area contributed by atoms with Crippen LogP contribution in [0, 0.1) is 11.8 Å². The third-order valence-corrected chi connectivity index (χ3v) is 4.76. The molecule has 2 amide bonds. The molecule has 0 spiro atoms. The van der Waals surface area contributed by atoms with Gasteiger partial charge in [-0.2, -0.15) is 0 Å². The van der Waals surface area contributed by atoms with E-state index in [1.54, 1.807) is 24.3 Å². The second-order valence-electron chi connectivity index (χ2n) is 6.20. The lowest BCUT2D eigenvalue weighted by molar-refractivity contribution is -0.141. The average molecular weight is 331 g/mol. The second kappa shape index (κ2) is 7.03. The molecule has 0 N–H and O–H groups in total. The number of carbonyl (C=O) groups is 3. The van der Waals surface area contributed by atoms with Crippen molar-refractivity contribution in [1.29, 1.82) is 0 Å². The van der Waals surface area contributed by atoms with Crippen molar-refractivity contribution in [2.45, 2.75) is 32.1 Å². The van der Waals surface area contributed by atoms with Gasteiger partial charge >= 0.3 is 5.97 Å². The Kier molecular flexibility index (Phi) is 4.83. The number of ether oxygens (including phenoxy) is 2. The second-order valence-corrected chi connectivity index (χ2v) is 6.20. The third kappa shape index (κ3) is 3.13. The lowest BCUT2D eigenvalue weighted by atomic mass is 9.81. The smallest absolute Gasteiger partial charge is 0.313 e. The number of fused-ring (bicyclic) bond motifs is 1. The topological polar surface area (TPSA) is 72.9 Å². The minimum absolute atomic E-state index is 0.0189. The molecule has 0 aromatic heterocycles. The summed E-state index contributed by atoms with van der Waals surface area (Å²) in [4.78, 5) is 38.0. The zero-order valence-corrected chi connectivity index (χ0v) is 13.7. The molecule has 1 saturated heterocycles. The number of methoxy groups -OCH3 is 1. The summed E-state index contributed by atoms with van der Waals surface area (Å²) >= 11 is 0. The maximum atomic E-state index is 12.4. The Bertz CT molecular complexity index is 633. The van der Waals surface area contributed by atoms with Crippen molar-refractivity contribution in [3.63, 3.8) is 0 Å². The van der Waals surface area contributed by atoms with Crippen molar-refractivity contribution in [2.75, 3.05) is 13.7 Å². The molecule has 1 heterocycles. The Morgan fingerprint density at radius 3 is 2.25 bits per heavy atom. The zero-order valence-electron chi connectivity index (χ0n) is 13.7. The quantitative estimate of drug-likeness (QED) is 0.470. The van der Waals surface area contributed by atoms with Crippen molar-refractivity contribution in [2.24, 2.45) is 11.8 Å². The summed E-state index contributed by atoms with van der Waals surface area (Å²) in [5.41, 5.74) is 0. The Hall–Kier alpha value is -2.37. The number of hydrogen-bond donors (Lipinski definition) is 0. The molecule has 0 radical (unpaired) electrons. The highest BCUT2D eigenvalue weighted by Crippen LogP contribution is 2.38. The number of nitrogens with zero attached hydrogens (tertiary/aromatic N) is 1. The van der Waals surface area contributed by atoms with E-state index in [0.717, 1.165) is 25.7 Å². The monoisotopic (exact) mass is 331 g/mol. The van der Waals surface area contributed by atoms with Gasteiger partial charge in [-0.3, -0.25) is 19.3 Å². The largest absolute Gasteiger partial charge is 0.493 e. The first kappa shape index (κ1) is 16.5. The van der Waals surface area contributed by atoms with Crippen LogP contribution in [0.5, 0.6) is 11.5 Å². The van der Waals surface area contributed by atoms with E-state index in [2.05, 4.69) is 0 Å². The van der Waals surface area contributed by atoms with Gasteiger partial charge in [-0.05, 0) is 25.0 Å². The Balaban J connectivity index is 1.58. The molecule has 24 heavy (non-hydrogen) atoms. The van der Waals surface area contributed by atoms with E-state index >= 15 is 0 Å². The molecule has 2 fully saturated rings. The van der Waals surface area contributed by atoms with Gasteiger partial charge < -0.3 is 9.47 Å². The molecule has 1 aromatic rings. The minimum Gasteiger partial charge on any atom is -0.493 e. The van der Waals surface area contributed by atoms with Crippen LogP contribution in [-0.2, 0) is 14.4 Å². The molecule has 1 aliphatic carbocycles. The molecule has 6 nitrogen and oxygen atoms in total. The number of benzene rings is 1. The number of hydrogen-bond acceptors (Lipinski definition) is 5. The van der Waals surface area contributed by atoms with E-state index in [0.29, 0.717) is 11.5 Å². The predicted molar refractivity (Wildman–Crippen MR) is 85.4 cm³/mol. The fraction of sp³-hybridized carbons (Fsp3) is 0.500. The molecular weight excluding hydrogens is 310 g/mol. The van der Waals surface area contributed by atoms with Gasteiger partial charge in [-0.25, -0.2) is 0 Å². The number of amides is 2. The van der Waals surface area contributed by atoms with Gasteiger partial charge in [0.05, 0.1) is 25.4 Å². The van der Waals surface area contributed by atoms with Crippen molar-refractivity contribution >= 4 is 17.8 Å². The van der Waals surface area contributed by atoms with Gasteiger partial charge in [-0.1, -0.05) is 25.0 Å². The highest BCUT2D eigenvalue weighted by atomic mass is 16.6. The van der Waals surface area contributed by atoms with Crippen molar-refractivity contribution in [3.8, 4) is 11.5 Å². The van der Waals surface area contributed by atoms with E-state index in [9.17, 15) is 14.4 Å². The standard InChI is InChI=1S/C18H21NO5/c1-23-14-8-4-5-9-15(14)24-16(20)10-11-19-17(21)12-6-2-3-7-13(12)18(19)22/h4-5,8-9,12-13H,2-3,6-7,10-11H2,1H3/t12-,13+. The SMILES string of the molecule is COc1ccccc1OC(=O)CCN1C(=O)[C@H]2CCCC[C@H]2C1=O. The molecule has 2 atom stereocenters. The van der Waals surface area contributed by atoms with Gasteiger partial charge in [0.25, 0.3) is 0 Å². The molecule has 1 saturated carbocycles. The van der Waals surface area contributed by atoms with Crippen LogP contribution in [0.1, 0.15) is 32.1 Å². The minimum atomic E-state index is -0.491. The van der Waals surface area contributed by atoms with Crippen LogP contribution in [0.4, 0.5) is 0 Å². The third-order valence-electron chi connectivity index (χ3n) is 4.76. The predicted octanol–water partition coefficient (Wildman–Crippen LogP) is 2.17. The molecule has 3 rings (SSSR count). The van der Waals surface area contributed by atoms with Crippen LogP contribution in [0.2, 0.25) is 0 Å². The van der Waals surface area contributed by atoms with Gasteiger partial charge in [0.1, 0.15) is 0 Å². The molecule has 1 aromatic carbocycles. The van der Waals surface area contributed by atoms with Crippen LogP contribution < -0.4 is 9.47 Å². The van der Waals surface area contributed by atoms with Gasteiger partial charge in [-0.15, -0.1) is 0 Å². The first-order chi connectivity index (χ1) is 11.6. The van der Waals surface area contributed by atoms with Gasteiger partial charge in [0, 0.05) is 6.54 Å². The number of rotatable bonds is 5. The van der Waals surface area contributed by atoms with Crippen LogP contribution in [0.3, 0.4) is 0 Å². The molecular formula is C18H21NO5. The molecule has 6 heteroatoms. The summed E-state index contributed by atoms with van der Waals surface area (Å²) in [6.45, 7) is 0.0820. The lowest BCUT2D eigenvalue weighted by Crippen LogP contribution is -2.33. The normalized spacial score (nSPS) is 23.1. The van der Waals surface area contributed by atoms with Crippen molar-refractivity contribution in [1.82, 2.24) is 4.90 Å². The van der Waals surface area contributed by atoms with E-state index in [-0.39, 0.29) is 36.6 Å². The number of esters is 1. The van der Waals surface area contributed by atoms with Crippen molar-refractivity contribution < 1.29 is 23.9 Å². The molecule has 2 aliphatic rings. The fourth-order valence-corrected chi connectivity index (χ4v) is 3.53. The summed E-state index contributed by atoms with van der Waals surface area (Å²) in [6.07, 6.45) is 3.51. The summed E-state index contributed by atoms with van der Waals surface area (Å²) < 4.78 is 10.4. The molecule has 1 aliphatic heterocycles. The number of carbonyl (C=O) groups excluding carboxylic acids is 3. The number of para-hydroxylation sites is 2. The van der Waals surface area contributed by atoms with Crippen LogP contribution in [-0.4, -0.2) is 36.3 Å². The summed E-state index contributed by atoms with van der Waals surface area (Å²) in [5.74, 6) is -0.324. The number of likely N-dealkylation sites (tertiary alicyclic amines) is 1. The molecule has 0 bridgehead atoms.